The summed E-state index contributed by atoms with van der Waals surface area (Å²) in [5.41, 5.74) is 15.3. The highest BCUT2D eigenvalue weighted by molar-refractivity contribution is 6.05. The summed E-state index contributed by atoms with van der Waals surface area (Å²) in [6.07, 6.45) is 0. The molecule has 0 bridgehead atoms. The zero-order valence-corrected chi connectivity index (χ0v) is 27.6. The molecule has 0 radical (unpaired) electrons. The lowest BCUT2D eigenvalue weighted by Gasteiger charge is -2.21. The zero-order chi connectivity index (χ0) is 33.0. The summed E-state index contributed by atoms with van der Waals surface area (Å²) in [4.78, 5) is 10.2. The number of nitrogens with zero attached hydrogens (tertiary/aromatic N) is 2. The van der Waals surface area contributed by atoms with Gasteiger partial charge in [-0.25, -0.2) is 9.97 Å². The smallest absolute Gasteiger partial charge is 0.160 e. The van der Waals surface area contributed by atoms with Crippen LogP contribution < -0.4 is 0 Å². The third kappa shape index (κ3) is 4.88. The van der Waals surface area contributed by atoms with Gasteiger partial charge >= 0.3 is 0 Å². The Balaban J connectivity index is 1.19. The van der Waals surface area contributed by atoms with Crippen LogP contribution in [0.15, 0.2) is 170 Å². The van der Waals surface area contributed by atoms with Crippen LogP contribution in [0.5, 0.6) is 0 Å². The second kappa shape index (κ2) is 11.5. The fourth-order valence-electron chi connectivity index (χ4n) is 7.68. The Hall–Kier alpha value is -6.12. The molecule has 0 unspecified atom stereocenters. The van der Waals surface area contributed by atoms with Crippen molar-refractivity contribution in [2.75, 3.05) is 0 Å². The third-order valence-electron chi connectivity index (χ3n) is 10.1. The second-order valence-corrected chi connectivity index (χ2v) is 13.4. The predicted molar refractivity (Wildman–Crippen MR) is 204 cm³/mol. The standard InChI is InChI=1S/C47H34N2/c1-47(2)41-25-12-11-23-40(41)45-36(24-14-26-42(45)47)34-20-13-19-33(29-34)35-27-28-39(38-22-10-9-21-37(35)38)44-30-43(31-15-5-3-6-16-31)48-46(49-44)32-17-7-4-8-18-32/h3-30H,1-2H3. The van der Waals surface area contributed by atoms with Gasteiger partial charge in [0.1, 0.15) is 0 Å². The molecule has 1 heterocycles. The molecule has 232 valence electrons. The molecule has 0 spiro atoms. The molecule has 0 atom stereocenters. The summed E-state index contributed by atoms with van der Waals surface area (Å²) in [7, 11) is 0. The number of benzene rings is 7. The third-order valence-corrected chi connectivity index (χ3v) is 10.1. The normalized spacial score (nSPS) is 12.9. The van der Waals surface area contributed by atoms with Crippen LogP contribution in [-0.2, 0) is 5.41 Å². The van der Waals surface area contributed by atoms with Gasteiger partial charge in [0.2, 0.25) is 0 Å². The van der Waals surface area contributed by atoms with Gasteiger partial charge in [-0.05, 0) is 67.4 Å². The van der Waals surface area contributed by atoms with Gasteiger partial charge in [-0.15, -0.1) is 0 Å². The molecule has 0 N–H and O–H groups in total. The van der Waals surface area contributed by atoms with Crippen LogP contribution in [0.1, 0.15) is 25.0 Å². The molecular formula is C47H34N2. The Morgan fingerprint density at radius 1 is 0.367 bits per heavy atom. The summed E-state index contributed by atoms with van der Waals surface area (Å²) in [6.45, 7) is 4.68. The fraction of sp³-hybridized carbons (Fsp3) is 0.0638. The van der Waals surface area contributed by atoms with Gasteiger partial charge < -0.3 is 0 Å². The van der Waals surface area contributed by atoms with E-state index in [9.17, 15) is 0 Å². The minimum Gasteiger partial charge on any atom is -0.228 e. The van der Waals surface area contributed by atoms with Crippen molar-refractivity contribution in [3.63, 3.8) is 0 Å². The monoisotopic (exact) mass is 626 g/mol. The van der Waals surface area contributed by atoms with Crippen LogP contribution in [0.2, 0.25) is 0 Å². The molecule has 1 aliphatic carbocycles. The van der Waals surface area contributed by atoms with Gasteiger partial charge in [-0.1, -0.05) is 172 Å². The van der Waals surface area contributed by atoms with Crippen LogP contribution in [-0.4, -0.2) is 9.97 Å². The molecule has 2 nitrogen and oxygen atoms in total. The Labute approximate surface area is 287 Å². The number of fused-ring (bicyclic) bond motifs is 4. The molecule has 8 aromatic rings. The van der Waals surface area contributed by atoms with Crippen LogP contribution in [0, 0.1) is 0 Å². The maximum atomic E-state index is 5.16. The Morgan fingerprint density at radius 2 is 0.898 bits per heavy atom. The maximum absolute atomic E-state index is 5.16. The van der Waals surface area contributed by atoms with E-state index in [1.165, 1.54) is 55.3 Å². The van der Waals surface area contributed by atoms with E-state index >= 15 is 0 Å². The van der Waals surface area contributed by atoms with E-state index in [-0.39, 0.29) is 5.41 Å². The molecule has 49 heavy (non-hydrogen) atoms. The zero-order valence-electron chi connectivity index (χ0n) is 27.6. The molecule has 9 rings (SSSR count). The lowest BCUT2D eigenvalue weighted by molar-refractivity contribution is 0.660. The SMILES string of the molecule is CC1(C)c2ccccc2-c2c(-c3cccc(-c4ccc(-c5cc(-c6ccccc6)nc(-c6ccccc6)n5)c5ccccc45)c3)cccc21. The van der Waals surface area contributed by atoms with Crippen LogP contribution in [0.3, 0.4) is 0 Å². The summed E-state index contributed by atoms with van der Waals surface area (Å²) in [5.74, 6) is 0.720. The highest BCUT2D eigenvalue weighted by Crippen LogP contribution is 2.52. The molecule has 1 aromatic heterocycles. The van der Waals surface area contributed by atoms with Gasteiger partial charge in [0.15, 0.2) is 5.82 Å². The Kier molecular flexibility index (Phi) is 6.84. The van der Waals surface area contributed by atoms with Gasteiger partial charge in [-0.2, -0.15) is 0 Å². The van der Waals surface area contributed by atoms with Gasteiger partial charge in [0.25, 0.3) is 0 Å². The first-order valence-electron chi connectivity index (χ1n) is 16.9. The van der Waals surface area contributed by atoms with Crippen molar-refractivity contribution in [3.05, 3.63) is 181 Å². The van der Waals surface area contributed by atoms with E-state index in [0.717, 1.165) is 33.9 Å². The minimum absolute atomic E-state index is 0.0344. The largest absolute Gasteiger partial charge is 0.228 e. The first-order valence-corrected chi connectivity index (χ1v) is 16.9. The summed E-state index contributed by atoms with van der Waals surface area (Å²) in [5, 5.41) is 2.36. The molecule has 0 amide bonds. The van der Waals surface area contributed by atoms with Gasteiger partial charge in [-0.3, -0.25) is 0 Å². The lowest BCUT2D eigenvalue weighted by Crippen LogP contribution is -2.14. The lowest BCUT2D eigenvalue weighted by atomic mass is 9.82. The molecule has 1 aliphatic rings. The van der Waals surface area contributed by atoms with Crippen molar-refractivity contribution < 1.29 is 0 Å². The molecular weight excluding hydrogens is 593 g/mol. The van der Waals surface area contributed by atoms with E-state index in [2.05, 4.69) is 159 Å². The Morgan fingerprint density at radius 3 is 1.67 bits per heavy atom. The average Bonchev–Trinajstić information content (AvgIpc) is 3.41. The van der Waals surface area contributed by atoms with Crippen molar-refractivity contribution in [2.45, 2.75) is 19.3 Å². The average molecular weight is 627 g/mol. The van der Waals surface area contributed by atoms with Crippen molar-refractivity contribution in [1.82, 2.24) is 9.97 Å². The second-order valence-electron chi connectivity index (χ2n) is 13.4. The Bertz CT molecular complexity index is 2450. The van der Waals surface area contributed by atoms with Crippen molar-refractivity contribution in [3.8, 4) is 67.3 Å². The highest BCUT2D eigenvalue weighted by Gasteiger charge is 2.36. The molecule has 0 saturated carbocycles. The number of aromatic nitrogens is 2. The van der Waals surface area contributed by atoms with E-state index in [4.69, 9.17) is 9.97 Å². The first-order chi connectivity index (χ1) is 24.1. The maximum Gasteiger partial charge on any atom is 0.160 e. The van der Waals surface area contributed by atoms with Crippen molar-refractivity contribution in [2.24, 2.45) is 0 Å². The predicted octanol–water partition coefficient (Wildman–Crippen LogP) is 12.3. The quantitative estimate of drug-likeness (QED) is 0.190. The fourth-order valence-corrected chi connectivity index (χ4v) is 7.68. The molecule has 0 saturated heterocycles. The number of hydrogen-bond donors (Lipinski definition) is 0. The van der Waals surface area contributed by atoms with Crippen LogP contribution in [0.25, 0.3) is 78.1 Å². The van der Waals surface area contributed by atoms with E-state index < -0.39 is 0 Å². The summed E-state index contributed by atoms with van der Waals surface area (Å²) >= 11 is 0. The topological polar surface area (TPSA) is 25.8 Å². The minimum atomic E-state index is -0.0344. The van der Waals surface area contributed by atoms with Crippen LogP contribution in [0.4, 0.5) is 0 Å². The van der Waals surface area contributed by atoms with Crippen molar-refractivity contribution >= 4 is 10.8 Å². The van der Waals surface area contributed by atoms with Crippen molar-refractivity contribution in [1.29, 1.82) is 0 Å². The van der Waals surface area contributed by atoms with E-state index in [1.807, 2.05) is 24.3 Å². The van der Waals surface area contributed by atoms with E-state index in [0.29, 0.717) is 0 Å². The first kappa shape index (κ1) is 29.1. The number of rotatable bonds is 5. The van der Waals surface area contributed by atoms with Gasteiger partial charge in [0.05, 0.1) is 11.4 Å². The molecule has 2 heteroatoms. The van der Waals surface area contributed by atoms with E-state index in [1.54, 1.807) is 0 Å². The molecule has 0 aliphatic heterocycles. The molecule has 0 fully saturated rings. The summed E-state index contributed by atoms with van der Waals surface area (Å²) in [6, 6.07) is 60.6. The van der Waals surface area contributed by atoms with Crippen LogP contribution >= 0.6 is 0 Å². The van der Waals surface area contributed by atoms with Gasteiger partial charge in [0, 0.05) is 22.1 Å². The number of hydrogen-bond acceptors (Lipinski definition) is 2. The summed E-state index contributed by atoms with van der Waals surface area (Å²) < 4.78 is 0. The highest BCUT2D eigenvalue weighted by atomic mass is 14.9. The molecule has 7 aromatic carbocycles.